The van der Waals surface area contributed by atoms with Crippen LogP contribution in [0.2, 0.25) is 0 Å². The predicted molar refractivity (Wildman–Crippen MR) is 94.3 cm³/mol. The SMILES string of the molecule is COc1ccccc1CCN(C)C(=O)[C@@H]1CCCO[C@H]1c1ccn[nH]1. The van der Waals surface area contributed by atoms with Gasteiger partial charge in [0.1, 0.15) is 11.9 Å². The minimum absolute atomic E-state index is 0.120. The first-order valence-corrected chi connectivity index (χ1v) is 8.68. The summed E-state index contributed by atoms with van der Waals surface area (Å²) in [5.74, 6) is 0.811. The molecule has 0 unspecified atom stereocenters. The lowest BCUT2D eigenvalue weighted by molar-refractivity contribution is -0.144. The molecule has 0 bridgehead atoms. The van der Waals surface area contributed by atoms with Crippen LogP contribution in [-0.4, -0.2) is 48.3 Å². The molecular weight excluding hydrogens is 318 g/mol. The molecule has 1 aromatic heterocycles. The highest BCUT2D eigenvalue weighted by atomic mass is 16.5. The number of para-hydroxylation sites is 1. The molecule has 0 radical (unpaired) electrons. The third-order valence-electron chi connectivity index (χ3n) is 4.75. The molecule has 1 aliphatic heterocycles. The second kappa shape index (κ2) is 8.16. The van der Waals surface area contributed by atoms with Crippen molar-refractivity contribution in [2.45, 2.75) is 25.4 Å². The first-order chi connectivity index (χ1) is 12.2. The third kappa shape index (κ3) is 4.02. The number of hydrogen-bond acceptors (Lipinski definition) is 4. The van der Waals surface area contributed by atoms with Crippen LogP contribution in [0, 0.1) is 5.92 Å². The van der Waals surface area contributed by atoms with E-state index in [2.05, 4.69) is 10.2 Å². The lowest BCUT2D eigenvalue weighted by Gasteiger charge is -2.33. The quantitative estimate of drug-likeness (QED) is 0.875. The maximum atomic E-state index is 13.0. The molecule has 1 fully saturated rings. The van der Waals surface area contributed by atoms with Crippen molar-refractivity contribution >= 4 is 5.91 Å². The van der Waals surface area contributed by atoms with Gasteiger partial charge in [-0.1, -0.05) is 18.2 Å². The fraction of sp³-hybridized carbons (Fsp3) is 0.474. The number of nitrogens with zero attached hydrogens (tertiary/aromatic N) is 2. The number of methoxy groups -OCH3 is 1. The molecule has 2 heterocycles. The fourth-order valence-corrected chi connectivity index (χ4v) is 3.36. The molecule has 1 aliphatic rings. The maximum Gasteiger partial charge on any atom is 0.228 e. The Morgan fingerprint density at radius 1 is 1.40 bits per heavy atom. The Kier molecular flexibility index (Phi) is 5.71. The van der Waals surface area contributed by atoms with Crippen LogP contribution >= 0.6 is 0 Å². The molecule has 0 saturated carbocycles. The number of amides is 1. The number of benzene rings is 1. The van der Waals surface area contributed by atoms with Crippen LogP contribution in [-0.2, 0) is 16.0 Å². The van der Waals surface area contributed by atoms with Gasteiger partial charge in [0.05, 0.1) is 18.7 Å². The average molecular weight is 343 g/mol. The minimum Gasteiger partial charge on any atom is -0.496 e. The number of ether oxygens (including phenoxy) is 2. The number of nitrogens with one attached hydrogen (secondary N) is 1. The molecule has 0 aliphatic carbocycles. The molecule has 1 aromatic carbocycles. The van der Waals surface area contributed by atoms with Gasteiger partial charge in [-0.05, 0) is 37.0 Å². The summed E-state index contributed by atoms with van der Waals surface area (Å²) in [4.78, 5) is 14.8. The van der Waals surface area contributed by atoms with Crippen LogP contribution < -0.4 is 4.74 Å². The molecule has 6 heteroatoms. The number of likely N-dealkylation sites (N-methyl/N-ethyl adjacent to an activating group) is 1. The zero-order valence-corrected chi connectivity index (χ0v) is 14.8. The largest absolute Gasteiger partial charge is 0.496 e. The van der Waals surface area contributed by atoms with Gasteiger partial charge in [0.25, 0.3) is 0 Å². The second-order valence-electron chi connectivity index (χ2n) is 6.37. The number of aromatic amines is 1. The van der Waals surface area contributed by atoms with Gasteiger partial charge in [-0.15, -0.1) is 0 Å². The summed E-state index contributed by atoms with van der Waals surface area (Å²) in [6.07, 6.45) is 3.95. The van der Waals surface area contributed by atoms with Gasteiger partial charge in [0.15, 0.2) is 0 Å². The van der Waals surface area contributed by atoms with E-state index in [9.17, 15) is 4.79 Å². The monoisotopic (exact) mass is 343 g/mol. The van der Waals surface area contributed by atoms with Gasteiger partial charge in [-0.2, -0.15) is 5.10 Å². The highest BCUT2D eigenvalue weighted by Crippen LogP contribution is 2.33. The molecule has 25 heavy (non-hydrogen) atoms. The minimum atomic E-state index is -0.238. The standard InChI is InChI=1S/C19H25N3O3/c1-22(12-10-14-6-3-4-8-17(14)24-2)19(23)15-7-5-13-25-18(15)16-9-11-20-21-16/h3-4,6,8-9,11,15,18H,5,7,10,12-13H2,1-2H3,(H,20,21)/t15-,18-/m1/s1. The lowest BCUT2D eigenvalue weighted by atomic mass is 9.91. The van der Waals surface area contributed by atoms with E-state index in [4.69, 9.17) is 9.47 Å². The van der Waals surface area contributed by atoms with Crippen LogP contribution in [0.5, 0.6) is 5.75 Å². The number of carbonyl (C=O) groups excluding carboxylic acids is 1. The summed E-state index contributed by atoms with van der Waals surface area (Å²) in [6.45, 7) is 1.32. The molecule has 1 saturated heterocycles. The van der Waals surface area contributed by atoms with Crippen molar-refractivity contribution < 1.29 is 14.3 Å². The average Bonchev–Trinajstić information content (AvgIpc) is 3.20. The van der Waals surface area contributed by atoms with Crippen molar-refractivity contribution in [2.24, 2.45) is 5.92 Å². The Morgan fingerprint density at radius 2 is 2.24 bits per heavy atom. The molecule has 6 nitrogen and oxygen atoms in total. The highest BCUT2D eigenvalue weighted by molar-refractivity contribution is 5.79. The first-order valence-electron chi connectivity index (χ1n) is 8.68. The molecule has 2 aromatic rings. The molecule has 134 valence electrons. The van der Waals surface area contributed by atoms with Crippen LogP contribution in [0.4, 0.5) is 0 Å². The summed E-state index contributed by atoms with van der Waals surface area (Å²) >= 11 is 0. The normalized spacial score (nSPS) is 20.2. The molecule has 0 spiro atoms. The summed E-state index contributed by atoms with van der Waals surface area (Å²) in [7, 11) is 3.53. The van der Waals surface area contributed by atoms with Crippen LogP contribution in [0.25, 0.3) is 0 Å². The Balaban J connectivity index is 1.64. The fourth-order valence-electron chi connectivity index (χ4n) is 3.36. The Bertz CT molecular complexity index is 687. The third-order valence-corrected chi connectivity index (χ3v) is 4.75. The summed E-state index contributed by atoms with van der Waals surface area (Å²) in [5, 5.41) is 6.93. The number of aromatic nitrogens is 2. The van der Waals surface area contributed by atoms with Gasteiger partial charge in [0.2, 0.25) is 5.91 Å². The van der Waals surface area contributed by atoms with Gasteiger partial charge >= 0.3 is 0 Å². The lowest BCUT2D eigenvalue weighted by Crippen LogP contribution is -2.39. The van der Waals surface area contributed by atoms with E-state index in [1.54, 1.807) is 18.2 Å². The Labute approximate surface area is 148 Å². The van der Waals surface area contributed by atoms with E-state index < -0.39 is 0 Å². The summed E-state index contributed by atoms with van der Waals surface area (Å²) in [5.41, 5.74) is 1.98. The maximum absolute atomic E-state index is 13.0. The van der Waals surface area contributed by atoms with Crippen LogP contribution in [0.3, 0.4) is 0 Å². The molecule has 3 rings (SSSR count). The second-order valence-corrected chi connectivity index (χ2v) is 6.37. The molecule has 1 N–H and O–H groups in total. The van der Waals surface area contributed by atoms with Crippen molar-refractivity contribution in [2.75, 3.05) is 27.3 Å². The van der Waals surface area contributed by atoms with E-state index in [0.717, 1.165) is 36.3 Å². The van der Waals surface area contributed by atoms with Crippen molar-refractivity contribution in [3.05, 3.63) is 47.8 Å². The van der Waals surface area contributed by atoms with Gasteiger partial charge in [0, 0.05) is 26.4 Å². The molecule has 2 atom stereocenters. The molecular formula is C19H25N3O3. The Hall–Kier alpha value is -2.34. The van der Waals surface area contributed by atoms with E-state index in [0.29, 0.717) is 13.2 Å². The van der Waals surface area contributed by atoms with Crippen LogP contribution in [0.15, 0.2) is 36.5 Å². The number of rotatable bonds is 6. The van der Waals surface area contributed by atoms with Crippen molar-refractivity contribution in [3.8, 4) is 5.75 Å². The number of H-pyrrole nitrogens is 1. The van der Waals surface area contributed by atoms with E-state index in [1.807, 2.05) is 37.4 Å². The highest BCUT2D eigenvalue weighted by Gasteiger charge is 2.35. The van der Waals surface area contributed by atoms with E-state index >= 15 is 0 Å². The smallest absolute Gasteiger partial charge is 0.228 e. The van der Waals surface area contributed by atoms with E-state index in [1.165, 1.54) is 0 Å². The van der Waals surface area contributed by atoms with Gasteiger partial charge in [-0.25, -0.2) is 0 Å². The van der Waals surface area contributed by atoms with Gasteiger partial charge < -0.3 is 14.4 Å². The van der Waals surface area contributed by atoms with Crippen molar-refractivity contribution in [3.63, 3.8) is 0 Å². The van der Waals surface area contributed by atoms with Crippen molar-refractivity contribution in [1.82, 2.24) is 15.1 Å². The molecule has 1 amide bonds. The summed E-state index contributed by atoms with van der Waals surface area (Å²) in [6, 6.07) is 9.80. The van der Waals surface area contributed by atoms with Crippen LogP contribution in [0.1, 0.15) is 30.2 Å². The Morgan fingerprint density at radius 3 is 3.00 bits per heavy atom. The number of hydrogen-bond donors (Lipinski definition) is 1. The van der Waals surface area contributed by atoms with Gasteiger partial charge in [-0.3, -0.25) is 9.89 Å². The number of carbonyl (C=O) groups is 1. The summed E-state index contributed by atoms with van der Waals surface area (Å²) < 4.78 is 11.3. The predicted octanol–water partition coefficient (Wildman–Crippen LogP) is 2.59. The van der Waals surface area contributed by atoms with E-state index in [-0.39, 0.29) is 17.9 Å². The van der Waals surface area contributed by atoms with Crippen molar-refractivity contribution in [1.29, 1.82) is 0 Å². The zero-order valence-electron chi connectivity index (χ0n) is 14.8. The zero-order chi connectivity index (χ0) is 17.6. The topological polar surface area (TPSA) is 67.4 Å². The first kappa shape index (κ1) is 17.5.